The second-order valence-corrected chi connectivity index (χ2v) is 5.65. The average molecular weight is 234 g/mol. The second-order valence-electron chi connectivity index (χ2n) is 3.89. The van der Waals surface area contributed by atoms with Gasteiger partial charge < -0.3 is 5.32 Å². The molecule has 0 spiro atoms. The molecule has 0 aliphatic carbocycles. The average Bonchev–Trinajstić information content (AvgIpc) is 2.56. The maximum atomic E-state index is 11.4. The lowest BCUT2D eigenvalue weighted by atomic mass is 10.3. The Bertz CT molecular complexity index is 300. The highest BCUT2D eigenvalue weighted by Gasteiger charge is 2.27. The molecular weight excluding hydrogens is 216 g/mol. The Balaban J connectivity index is 1.77. The van der Waals surface area contributed by atoms with Crippen LogP contribution in [0.25, 0.3) is 0 Å². The zero-order chi connectivity index (χ0) is 10.7. The molecule has 0 amide bonds. The van der Waals surface area contributed by atoms with E-state index in [4.69, 9.17) is 0 Å². The predicted octanol–water partition coefficient (Wildman–Crippen LogP) is -1.96. The number of nitrogens with one attached hydrogen (secondary N) is 2. The second kappa shape index (κ2) is 4.75. The topological polar surface area (TPSA) is 64.7 Å². The Hall–Kier alpha value is -0.210. The summed E-state index contributed by atoms with van der Waals surface area (Å²) in [4.78, 5) is 2.30. The first-order chi connectivity index (χ1) is 7.18. The van der Waals surface area contributed by atoms with Gasteiger partial charge in [0.05, 0.1) is 0 Å². The van der Waals surface area contributed by atoms with Gasteiger partial charge in [-0.3, -0.25) is 4.90 Å². The lowest BCUT2D eigenvalue weighted by Gasteiger charge is -2.28. The summed E-state index contributed by atoms with van der Waals surface area (Å²) in [5, 5.41) is 3.27. The van der Waals surface area contributed by atoms with E-state index in [0.29, 0.717) is 19.6 Å². The zero-order valence-corrected chi connectivity index (χ0v) is 9.59. The third-order valence-electron chi connectivity index (χ3n) is 2.86. The molecule has 0 bridgehead atoms. The molecule has 0 saturated carbocycles. The SMILES string of the molecule is O=S1(=O)NCCN1CCN1CCNCC1. The minimum atomic E-state index is -3.15. The molecule has 2 aliphatic rings. The van der Waals surface area contributed by atoms with Crippen LogP contribution in [0, 0.1) is 0 Å². The molecular formula is C8H18N4O2S. The Labute approximate surface area is 90.8 Å². The highest BCUT2D eigenvalue weighted by atomic mass is 32.2. The van der Waals surface area contributed by atoms with Crippen molar-refractivity contribution in [1.82, 2.24) is 19.2 Å². The van der Waals surface area contributed by atoms with Crippen LogP contribution < -0.4 is 10.0 Å². The van der Waals surface area contributed by atoms with Gasteiger partial charge in [0.15, 0.2) is 0 Å². The lowest BCUT2D eigenvalue weighted by Crippen LogP contribution is -2.46. The first kappa shape index (κ1) is 11.3. The van der Waals surface area contributed by atoms with Gasteiger partial charge in [-0.2, -0.15) is 12.7 Å². The summed E-state index contributed by atoms with van der Waals surface area (Å²) in [7, 11) is -3.15. The van der Waals surface area contributed by atoms with E-state index in [0.717, 1.165) is 32.7 Å². The molecule has 0 radical (unpaired) electrons. The minimum Gasteiger partial charge on any atom is -0.314 e. The fraction of sp³-hybridized carbons (Fsp3) is 1.00. The third-order valence-corrected chi connectivity index (χ3v) is 4.47. The maximum absolute atomic E-state index is 11.4. The Morgan fingerprint density at radius 2 is 1.73 bits per heavy atom. The van der Waals surface area contributed by atoms with Gasteiger partial charge in [0, 0.05) is 52.4 Å². The van der Waals surface area contributed by atoms with Gasteiger partial charge in [0.1, 0.15) is 0 Å². The van der Waals surface area contributed by atoms with Crippen molar-refractivity contribution in [2.75, 3.05) is 52.4 Å². The molecule has 2 saturated heterocycles. The molecule has 6 nitrogen and oxygen atoms in total. The van der Waals surface area contributed by atoms with Crippen molar-refractivity contribution in [3.8, 4) is 0 Å². The van der Waals surface area contributed by atoms with Crippen molar-refractivity contribution < 1.29 is 8.42 Å². The quantitative estimate of drug-likeness (QED) is 0.595. The fourth-order valence-corrected chi connectivity index (χ4v) is 3.12. The fourth-order valence-electron chi connectivity index (χ4n) is 1.93. The van der Waals surface area contributed by atoms with E-state index < -0.39 is 10.2 Å². The predicted molar refractivity (Wildman–Crippen MR) is 57.8 cm³/mol. The molecule has 0 aromatic rings. The molecule has 15 heavy (non-hydrogen) atoms. The number of rotatable bonds is 3. The van der Waals surface area contributed by atoms with Gasteiger partial charge in [0.2, 0.25) is 0 Å². The standard InChI is InChI=1S/C8H18N4O2S/c13-15(14)10-3-6-12(15)8-7-11-4-1-9-2-5-11/h9-10H,1-8H2. The molecule has 88 valence electrons. The van der Waals surface area contributed by atoms with Crippen LogP contribution in [0.1, 0.15) is 0 Å². The summed E-state index contributed by atoms with van der Waals surface area (Å²) in [6, 6.07) is 0. The van der Waals surface area contributed by atoms with Crippen LogP contribution in [0.5, 0.6) is 0 Å². The van der Waals surface area contributed by atoms with Gasteiger partial charge in [-0.1, -0.05) is 0 Å². The Kier molecular flexibility index (Phi) is 3.57. The summed E-state index contributed by atoms with van der Waals surface area (Å²) >= 11 is 0. The molecule has 2 aliphatic heterocycles. The normalized spacial score (nSPS) is 28.3. The van der Waals surface area contributed by atoms with Crippen molar-refractivity contribution in [3.63, 3.8) is 0 Å². The zero-order valence-electron chi connectivity index (χ0n) is 8.78. The van der Waals surface area contributed by atoms with Crippen molar-refractivity contribution >= 4 is 10.2 Å². The number of hydrogen-bond donors (Lipinski definition) is 2. The van der Waals surface area contributed by atoms with E-state index in [1.165, 1.54) is 4.31 Å². The van der Waals surface area contributed by atoms with Crippen LogP contribution in [-0.4, -0.2) is 70.0 Å². The number of hydrogen-bond acceptors (Lipinski definition) is 4. The van der Waals surface area contributed by atoms with Gasteiger partial charge in [-0.05, 0) is 0 Å². The first-order valence-electron chi connectivity index (χ1n) is 5.36. The number of nitrogens with zero attached hydrogens (tertiary/aromatic N) is 2. The molecule has 2 N–H and O–H groups in total. The van der Waals surface area contributed by atoms with Crippen LogP contribution in [0.2, 0.25) is 0 Å². The molecule has 2 rings (SSSR count). The van der Waals surface area contributed by atoms with Gasteiger partial charge in [-0.25, -0.2) is 4.72 Å². The van der Waals surface area contributed by atoms with Crippen molar-refractivity contribution in [1.29, 1.82) is 0 Å². The smallest absolute Gasteiger partial charge is 0.279 e. The molecule has 0 aromatic heterocycles. The third kappa shape index (κ3) is 2.88. The van der Waals surface area contributed by atoms with E-state index in [1.807, 2.05) is 0 Å². The van der Waals surface area contributed by atoms with Gasteiger partial charge in [-0.15, -0.1) is 0 Å². The minimum absolute atomic E-state index is 0.546. The van der Waals surface area contributed by atoms with E-state index in [1.54, 1.807) is 0 Å². The number of piperazine rings is 1. The summed E-state index contributed by atoms with van der Waals surface area (Å²) in [5.74, 6) is 0. The first-order valence-corrected chi connectivity index (χ1v) is 6.80. The lowest BCUT2D eigenvalue weighted by molar-refractivity contribution is 0.226. The van der Waals surface area contributed by atoms with Crippen molar-refractivity contribution in [2.24, 2.45) is 0 Å². The monoisotopic (exact) mass is 234 g/mol. The molecule has 0 aromatic carbocycles. The molecule has 0 atom stereocenters. The van der Waals surface area contributed by atoms with Crippen LogP contribution >= 0.6 is 0 Å². The molecule has 7 heteroatoms. The largest absolute Gasteiger partial charge is 0.314 e. The van der Waals surface area contributed by atoms with Crippen LogP contribution in [-0.2, 0) is 10.2 Å². The van der Waals surface area contributed by atoms with E-state index in [-0.39, 0.29) is 0 Å². The highest BCUT2D eigenvalue weighted by molar-refractivity contribution is 7.87. The molecule has 2 fully saturated rings. The van der Waals surface area contributed by atoms with E-state index >= 15 is 0 Å². The van der Waals surface area contributed by atoms with E-state index in [9.17, 15) is 8.42 Å². The molecule has 0 unspecified atom stereocenters. The summed E-state index contributed by atoms with van der Waals surface area (Å²) in [5.41, 5.74) is 0. The summed E-state index contributed by atoms with van der Waals surface area (Å²) in [6.45, 7) is 6.63. The Morgan fingerprint density at radius 1 is 1.00 bits per heavy atom. The van der Waals surface area contributed by atoms with Gasteiger partial charge in [0.25, 0.3) is 10.2 Å². The van der Waals surface area contributed by atoms with Crippen molar-refractivity contribution in [2.45, 2.75) is 0 Å². The van der Waals surface area contributed by atoms with Crippen molar-refractivity contribution in [3.05, 3.63) is 0 Å². The van der Waals surface area contributed by atoms with Crippen LogP contribution in [0.3, 0.4) is 0 Å². The van der Waals surface area contributed by atoms with Crippen LogP contribution in [0.15, 0.2) is 0 Å². The van der Waals surface area contributed by atoms with Crippen LogP contribution in [0.4, 0.5) is 0 Å². The summed E-state index contributed by atoms with van der Waals surface area (Å²) in [6.07, 6.45) is 0. The Morgan fingerprint density at radius 3 is 2.33 bits per heavy atom. The summed E-state index contributed by atoms with van der Waals surface area (Å²) < 4.78 is 26.9. The van der Waals surface area contributed by atoms with E-state index in [2.05, 4.69) is 14.9 Å². The maximum Gasteiger partial charge on any atom is 0.279 e. The molecule has 2 heterocycles. The van der Waals surface area contributed by atoms with Gasteiger partial charge >= 0.3 is 0 Å². The highest BCUT2D eigenvalue weighted by Crippen LogP contribution is 2.04.